The molecule has 0 radical (unpaired) electrons. The van der Waals surface area contributed by atoms with Crippen molar-refractivity contribution in [2.45, 2.75) is 57.8 Å². The van der Waals surface area contributed by atoms with Crippen LogP contribution in [0.3, 0.4) is 0 Å². The second kappa shape index (κ2) is 10.9. The van der Waals surface area contributed by atoms with Crippen LogP contribution < -0.4 is 16.0 Å². The fraction of sp³-hybridized carbons (Fsp3) is 0.333. The molecule has 4 N–H and O–H groups in total. The van der Waals surface area contributed by atoms with Crippen molar-refractivity contribution < 1.29 is 14.3 Å². The maximum absolute atomic E-state index is 13.1. The van der Waals surface area contributed by atoms with E-state index in [1.807, 2.05) is 17.6 Å². The van der Waals surface area contributed by atoms with E-state index in [2.05, 4.69) is 20.9 Å². The number of aliphatic hydroxyl groups excluding tert-OH is 1. The van der Waals surface area contributed by atoms with Crippen LogP contribution in [0.2, 0.25) is 0 Å². The van der Waals surface area contributed by atoms with Crippen LogP contribution in [0.1, 0.15) is 48.5 Å². The third-order valence-corrected chi connectivity index (χ3v) is 6.59. The number of rotatable bonds is 8. The number of anilines is 3. The molecule has 37 heavy (non-hydrogen) atoms. The number of hydrogen-bond donors (Lipinski definition) is 4. The van der Waals surface area contributed by atoms with E-state index in [0.717, 1.165) is 31.2 Å². The summed E-state index contributed by atoms with van der Waals surface area (Å²) in [6, 6.07) is 13.4. The molecule has 4 aromatic rings. The number of carbonyl (C=O) groups excluding carboxylic acids is 1. The van der Waals surface area contributed by atoms with Gasteiger partial charge in [-0.15, -0.1) is 0 Å². The van der Waals surface area contributed by atoms with Gasteiger partial charge in [-0.25, -0.2) is 9.37 Å². The molecule has 192 valence electrons. The van der Waals surface area contributed by atoms with Crippen LogP contribution >= 0.6 is 0 Å². The Hall–Kier alpha value is -4.05. The van der Waals surface area contributed by atoms with Crippen LogP contribution in [-0.2, 0) is 13.1 Å². The summed E-state index contributed by atoms with van der Waals surface area (Å²) in [4.78, 5) is 26.7. The van der Waals surface area contributed by atoms with Crippen LogP contribution in [0.4, 0.5) is 21.8 Å². The topological polar surface area (TPSA) is 117 Å². The van der Waals surface area contributed by atoms with Gasteiger partial charge >= 0.3 is 0 Å². The van der Waals surface area contributed by atoms with E-state index >= 15 is 0 Å². The lowest BCUT2D eigenvalue weighted by Crippen LogP contribution is -2.29. The second-order valence-corrected chi connectivity index (χ2v) is 9.26. The smallest absolute Gasteiger partial charge is 0.251 e. The summed E-state index contributed by atoms with van der Waals surface area (Å²) < 4.78 is 15.1. The fourth-order valence-electron chi connectivity index (χ4n) is 4.49. The Balaban J connectivity index is 1.35. The highest BCUT2D eigenvalue weighted by Gasteiger charge is 2.21. The zero-order valence-electron chi connectivity index (χ0n) is 20.6. The Morgan fingerprint density at radius 2 is 1.89 bits per heavy atom. The van der Waals surface area contributed by atoms with Crippen LogP contribution in [0.5, 0.6) is 0 Å². The number of halogens is 1. The minimum absolute atomic E-state index is 0.194. The molecule has 9 nitrogen and oxygen atoms in total. The maximum Gasteiger partial charge on any atom is 0.251 e. The van der Waals surface area contributed by atoms with Crippen LogP contribution in [-0.4, -0.2) is 42.7 Å². The maximum atomic E-state index is 13.1. The molecule has 5 rings (SSSR count). The SMILES string of the molecule is CCn1cnc2c(Nc3cccc(C(=O)NCc4ccc(F)cc4)c3)nc(NC3CCC(O)CC3)nc21. The molecular weight excluding hydrogens is 473 g/mol. The quantitative estimate of drug-likeness (QED) is 0.282. The van der Waals surface area contributed by atoms with Gasteiger partial charge in [0.2, 0.25) is 5.95 Å². The summed E-state index contributed by atoms with van der Waals surface area (Å²) in [6.07, 6.45) is 4.73. The summed E-state index contributed by atoms with van der Waals surface area (Å²) in [7, 11) is 0. The average Bonchev–Trinajstić information content (AvgIpc) is 3.33. The number of aromatic nitrogens is 4. The summed E-state index contributed by atoms with van der Waals surface area (Å²) in [5.74, 6) is 0.490. The molecule has 0 aliphatic heterocycles. The Morgan fingerprint density at radius 3 is 2.65 bits per heavy atom. The number of fused-ring (bicyclic) bond motifs is 1. The molecule has 0 atom stereocenters. The van der Waals surface area contributed by atoms with Crippen LogP contribution in [0.15, 0.2) is 54.9 Å². The van der Waals surface area contributed by atoms with Crippen LogP contribution in [0, 0.1) is 5.82 Å². The van der Waals surface area contributed by atoms with Gasteiger partial charge in [-0.1, -0.05) is 18.2 Å². The monoisotopic (exact) mass is 503 g/mol. The molecule has 1 aliphatic carbocycles. The lowest BCUT2D eigenvalue weighted by atomic mass is 9.93. The molecule has 0 saturated heterocycles. The van der Waals surface area contributed by atoms with Gasteiger partial charge in [0.25, 0.3) is 5.91 Å². The molecule has 2 aromatic heterocycles. The van der Waals surface area contributed by atoms with E-state index in [1.54, 1.807) is 36.7 Å². The van der Waals surface area contributed by atoms with Crippen molar-refractivity contribution in [3.8, 4) is 0 Å². The van der Waals surface area contributed by atoms with Gasteiger partial charge in [0.1, 0.15) is 5.82 Å². The number of carbonyl (C=O) groups is 1. The number of nitrogens with zero attached hydrogens (tertiary/aromatic N) is 4. The lowest BCUT2D eigenvalue weighted by Gasteiger charge is -2.26. The highest BCUT2D eigenvalue weighted by Crippen LogP contribution is 2.27. The highest BCUT2D eigenvalue weighted by atomic mass is 19.1. The number of hydrogen-bond acceptors (Lipinski definition) is 7. The van der Waals surface area contributed by atoms with E-state index in [1.165, 1.54) is 12.1 Å². The molecule has 1 amide bonds. The molecular formula is C27H30FN7O2. The van der Waals surface area contributed by atoms with Gasteiger partial charge in [-0.05, 0) is 68.5 Å². The van der Waals surface area contributed by atoms with Crippen molar-refractivity contribution in [3.63, 3.8) is 0 Å². The van der Waals surface area contributed by atoms with E-state index in [-0.39, 0.29) is 23.9 Å². The van der Waals surface area contributed by atoms with Gasteiger partial charge < -0.3 is 25.6 Å². The molecule has 0 unspecified atom stereocenters. The Morgan fingerprint density at radius 1 is 1.11 bits per heavy atom. The third kappa shape index (κ3) is 5.86. The standard InChI is InChI=1S/C27H30FN7O2/c1-2-35-16-30-23-24(33-27(34-25(23)35)32-20-10-12-22(36)13-11-20)31-21-5-3-4-18(14-21)26(37)29-15-17-6-8-19(28)9-7-17/h3-9,14,16,20,22,36H,2,10-13,15H2,1H3,(H,29,37)(H2,31,32,33,34). The first-order valence-corrected chi connectivity index (χ1v) is 12.6. The molecule has 1 aliphatic rings. The van der Waals surface area contributed by atoms with Crippen molar-refractivity contribution in [1.82, 2.24) is 24.8 Å². The van der Waals surface area contributed by atoms with Crippen molar-refractivity contribution in [3.05, 3.63) is 71.8 Å². The molecule has 0 bridgehead atoms. The lowest BCUT2D eigenvalue weighted by molar-refractivity contribution is 0.0951. The largest absolute Gasteiger partial charge is 0.393 e. The second-order valence-electron chi connectivity index (χ2n) is 9.26. The number of amides is 1. The van der Waals surface area contributed by atoms with Crippen molar-refractivity contribution >= 4 is 34.5 Å². The molecule has 1 fully saturated rings. The Kier molecular flexibility index (Phi) is 7.27. The summed E-state index contributed by atoms with van der Waals surface area (Å²) >= 11 is 0. The number of aliphatic hydroxyl groups is 1. The first-order valence-electron chi connectivity index (χ1n) is 12.6. The number of imidazole rings is 1. The Labute approximate surface area is 214 Å². The predicted octanol–water partition coefficient (Wildman–Crippen LogP) is 4.37. The van der Waals surface area contributed by atoms with Crippen molar-refractivity contribution in [2.75, 3.05) is 10.6 Å². The van der Waals surface area contributed by atoms with Crippen molar-refractivity contribution in [1.29, 1.82) is 0 Å². The van der Waals surface area contributed by atoms with Crippen LogP contribution in [0.25, 0.3) is 11.2 Å². The minimum Gasteiger partial charge on any atom is -0.393 e. The molecule has 2 heterocycles. The van der Waals surface area contributed by atoms with Gasteiger partial charge in [0, 0.05) is 30.4 Å². The first-order chi connectivity index (χ1) is 18.0. The van der Waals surface area contributed by atoms with Gasteiger partial charge in [-0.3, -0.25) is 4.79 Å². The predicted molar refractivity (Wildman–Crippen MR) is 140 cm³/mol. The minimum atomic E-state index is -0.313. The molecule has 0 spiro atoms. The number of benzene rings is 2. The van der Waals surface area contributed by atoms with E-state index < -0.39 is 0 Å². The van der Waals surface area contributed by atoms with Gasteiger partial charge in [-0.2, -0.15) is 9.97 Å². The average molecular weight is 504 g/mol. The summed E-state index contributed by atoms with van der Waals surface area (Å²) in [6.45, 7) is 3.04. The fourth-order valence-corrected chi connectivity index (χ4v) is 4.49. The zero-order chi connectivity index (χ0) is 25.8. The number of aryl methyl sites for hydroxylation is 1. The third-order valence-electron chi connectivity index (χ3n) is 6.59. The molecule has 10 heteroatoms. The molecule has 1 saturated carbocycles. The van der Waals surface area contributed by atoms with E-state index in [9.17, 15) is 14.3 Å². The number of nitrogens with one attached hydrogen (secondary N) is 3. The van der Waals surface area contributed by atoms with E-state index in [0.29, 0.717) is 47.3 Å². The Bertz CT molecular complexity index is 1380. The van der Waals surface area contributed by atoms with Gasteiger partial charge in [0.05, 0.1) is 12.4 Å². The van der Waals surface area contributed by atoms with Gasteiger partial charge in [0.15, 0.2) is 17.0 Å². The molecule has 2 aromatic carbocycles. The highest BCUT2D eigenvalue weighted by molar-refractivity contribution is 5.95. The zero-order valence-corrected chi connectivity index (χ0v) is 20.6. The summed E-state index contributed by atoms with van der Waals surface area (Å²) in [5, 5.41) is 19.4. The summed E-state index contributed by atoms with van der Waals surface area (Å²) in [5.41, 5.74) is 3.33. The first kappa shape index (κ1) is 24.6. The van der Waals surface area contributed by atoms with E-state index in [4.69, 9.17) is 9.97 Å². The normalized spacial score (nSPS) is 17.5. The van der Waals surface area contributed by atoms with Crippen molar-refractivity contribution in [2.24, 2.45) is 0 Å².